The maximum Gasteiger partial charge on any atom is 0.255 e. The molecule has 34 heavy (non-hydrogen) atoms. The summed E-state index contributed by atoms with van der Waals surface area (Å²) in [5.74, 6) is -0.348. The predicted molar refractivity (Wildman–Crippen MR) is 137 cm³/mol. The molecule has 2 heterocycles. The van der Waals surface area contributed by atoms with Crippen molar-refractivity contribution in [2.45, 2.75) is 26.0 Å². The highest BCUT2D eigenvalue weighted by molar-refractivity contribution is 7.92. The van der Waals surface area contributed by atoms with Crippen molar-refractivity contribution < 1.29 is 25.5 Å². The number of rotatable bonds is 5. The van der Waals surface area contributed by atoms with Crippen LogP contribution in [0.5, 0.6) is 5.75 Å². The minimum atomic E-state index is -3.60. The molecular formula is C26H27N3O4S. The molecule has 4 aromatic rings. The molecule has 2 aromatic heterocycles. The number of nitrogens with one attached hydrogen (secondary N) is 2. The Kier molecular flexibility index (Phi) is 3.69. The Morgan fingerprint density at radius 2 is 1.79 bits per heavy atom. The Bertz CT molecular complexity index is 1810. The second-order valence-corrected chi connectivity index (χ2v) is 9.49. The van der Waals surface area contributed by atoms with Gasteiger partial charge in [-0.3, -0.25) is 14.5 Å². The van der Waals surface area contributed by atoms with Crippen LogP contribution in [0.2, 0.25) is 0 Å². The Balaban J connectivity index is 2.17. The molecule has 0 aliphatic carbocycles. The summed E-state index contributed by atoms with van der Waals surface area (Å²) in [7, 11) is -2.38. The van der Waals surface area contributed by atoms with E-state index >= 15 is 0 Å². The summed E-state index contributed by atoms with van der Waals surface area (Å²) in [6, 6.07) is 11.7. The normalized spacial score (nSPS) is 17.1. The lowest BCUT2D eigenvalue weighted by Crippen LogP contribution is -2.15. The Morgan fingerprint density at radius 3 is 2.41 bits per heavy atom. The van der Waals surface area contributed by atoms with E-state index in [-0.39, 0.29) is 27.8 Å². The molecule has 0 atom stereocenters. The third kappa shape index (κ3) is 4.68. The standard InChI is InChI=1S/C26H27N3O4S/c1-26(2,3)22-14-20(19-7-6-12-27-25(19)30)23-21(24(22)33-4)13-17(15-28-23)16-8-10-18(11-9-16)29-34(5,31)32/h6-15,29H,1-5H3,(H,27,30)/i1D3,2D3,3D3. The fourth-order valence-electron chi connectivity index (χ4n) is 3.72. The van der Waals surface area contributed by atoms with Crippen LogP contribution in [0.1, 0.15) is 38.5 Å². The fraction of sp³-hybridized carbons (Fsp3) is 0.231. The maximum absolute atomic E-state index is 12.9. The molecule has 7 nitrogen and oxygen atoms in total. The van der Waals surface area contributed by atoms with Crippen molar-refractivity contribution in [1.82, 2.24) is 9.97 Å². The lowest BCUT2D eigenvalue weighted by Gasteiger charge is -2.25. The van der Waals surface area contributed by atoms with E-state index in [1.165, 1.54) is 42.7 Å². The third-order valence-electron chi connectivity index (χ3n) is 5.16. The molecule has 0 amide bonds. The largest absolute Gasteiger partial charge is 0.496 e. The number of H-pyrrole nitrogens is 1. The minimum absolute atomic E-state index is 0.00553. The summed E-state index contributed by atoms with van der Waals surface area (Å²) in [5.41, 5.74) is -3.35. The summed E-state index contributed by atoms with van der Waals surface area (Å²) < 4.78 is 106. The van der Waals surface area contributed by atoms with Gasteiger partial charge in [-0.25, -0.2) is 8.42 Å². The van der Waals surface area contributed by atoms with Crippen LogP contribution in [-0.2, 0) is 15.4 Å². The van der Waals surface area contributed by atoms with Crippen molar-refractivity contribution in [3.8, 4) is 28.0 Å². The molecular weight excluding hydrogens is 450 g/mol. The number of pyridine rings is 2. The summed E-state index contributed by atoms with van der Waals surface area (Å²) in [6.07, 6.45) is 3.82. The van der Waals surface area contributed by atoms with Gasteiger partial charge in [0.15, 0.2) is 0 Å². The van der Waals surface area contributed by atoms with E-state index in [2.05, 4.69) is 14.7 Å². The molecule has 8 heteroatoms. The van der Waals surface area contributed by atoms with Gasteiger partial charge in [0.25, 0.3) is 5.56 Å². The van der Waals surface area contributed by atoms with Crippen LogP contribution >= 0.6 is 0 Å². The smallest absolute Gasteiger partial charge is 0.255 e. The van der Waals surface area contributed by atoms with Crippen LogP contribution in [-0.4, -0.2) is 31.8 Å². The fourth-order valence-corrected chi connectivity index (χ4v) is 4.28. The third-order valence-corrected chi connectivity index (χ3v) is 5.77. The van der Waals surface area contributed by atoms with Crippen LogP contribution in [0.3, 0.4) is 0 Å². The number of hydrogen-bond donors (Lipinski definition) is 2. The lowest BCUT2D eigenvalue weighted by atomic mass is 9.83. The zero-order valence-electron chi connectivity index (χ0n) is 27.3. The first-order valence-electron chi connectivity index (χ1n) is 14.5. The first-order chi connectivity index (χ1) is 19.7. The van der Waals surface area contributed by atoms with Crippen LogP contribution in [0.4, 0.5) is 5.69 Å². The van der Waals surface area contributed by atoms with Gasteiger partial charge >= 0.3 is 0 Å². The average molecular weight is 487 g/mol. The van der Waals surface area contributed by atoms with Crippen molar-refractivity contribution in [3.63, 3.8) is 0 Å². The lowest BCUT2D eigenvalue weighted by molar-refractivity contribution is 0.402. The number of anilines is 1. The van der Waals surface area contributed by atoms with Crippen LogP contribution in [0.15, 0.2) is 65.7 Å². The van der Waals surface area contributed by atoms with Gasteiger partial charge in [-0.05, 0) is 47.4 Å². The Labute approximate surface area is 211 Å². The predicted octanol–water partition coefficient (Wildman–Crippen LogP) is 4.93. The SMILES string of the molecule is [2H]C([2H])([2H])C(c1cc(-c2ccc[nH]c2=O)c2ncc(-c3ccc(NS(C)(=O)=O)cc3)cc2c1OC)(C([2H])([2H])[2H])C([2H])([2H])[2H]. The number of fused-ring (bicyclic) bond motifs is 1. The van der Waals surface area contributed by atoms with E-state index in [1.807, 2.05) is 0 Å². The number of aromatic nitrogens is 2. The summed E-state index contributed by atoms with van der Waals surface area (Å²) in [6.45, 7) is -10.8. The molecule has 2 aromatic carbocycles. The van der Waals surface area contributed by atoms with E-state index in [9.17, 15) is 13.2 Å². The quantitative estimate of drug-likeness (QED) is 0.416. The van der Waals surface area contributed by atoms with Crippen LogP contribution in [0.25, 0.3) is 33.2 Å². The molecule has 0 bridgehead atoms. The minimum Gasteiger partial charge on any atom is -0.496 e. The van der Waals surface area contributed by atoms with E-state index in [0.717, 1.165) is 19.4 Å². The molecule has 2 N–H and O–H groups in total. The Morgan fingerprint density at radius 1 is 1.06 bits per heavy atom. The molecule has 0 spiro atoms. The van der Waals surface area contributed by atoms with Gasteiger partial charge < -0.3 is 9.72 Å². The first-order valence-corrected chi connectivity index (χ1v) is 11.9. The van der Waals surface area contributed by atoms with Crippen molar-refractivity contribution >= 4 is 26.6 Å². The molecule has 0 saturated carbocycles. The molecule has 0 unspecified atom stereocenters. The van der Waals surface area contributed by atoms with Crippen molar-refractivity contribution in [1.29, 1.82) is 0 Å². The van der Waals surface area contributed by atoms with E-state index in [4.69, 9.17) is 17.1 Å². The topological polar surface area (TPSA) is 101 Å². The molecule has 0 fully saturated rings. The van der Waals surface area contributed by atoms with Gasteiger partial charge in [0.1, 0.15) is 5.75 Å². The van der Waals surface area contributed by atoms with E-state index in [1.54, 1.807) is 12.1 Å². The first kappa shape index (κ1) is 14.6. The highest BCUT2D eigenvalue weighted by Gasteiger charge is 2.25. The van der Waals surface area contributed by atoms with Gasteiger partial charge in [-0.1, -0.05) is 32.7 Å². The van der Waals surface area contributed by atoms with Gasteiger partial charge in [0.2, 0.25) is 10.0 Å². The monoisotopic (exact) mass is 486 g/mol. The zero-order chi connectivity index (χ0) is 32.2. The molecule has 0 radical (unpaired) electrons. The molecule has 4 rings (SSSR count). The number of nitrogens with zero attached hydrogens (tertiary/aromatic N) is 1. The number of ether oxygens (including phenoxy) is 1. The molecule has 0 aliphatic rings. The number of hydrogen-bond acceptors (Lipinski definition) is 5. The Hall–Kier alpha value is -3.65. The van der Waals surface area contributed by atoms with Crippen LogP contribution < -0.4 is 15.0 Å². The molecule has 0 saturated heterocycles. The average Bonchev–Trinajstić information content (AvgIpc) is 2.85. The van der Waals surface area contributed by atoms with Gasteiger partial charge in [0.05, 0.1) is 18.9 Å². The van der Waals surface area contributed by atoms with E-state index in [0.29, 0.717) is 16.8 Å². The zero-order valence-corrected chi connectivity index (χ0v) is 19.1. The highest BCUT2D eigenvalue weighted by atomic mass is 32.2. The highest BCUT2D eigenvalue weighted by Crippen LogP contribution is 2.42. The maximum atomic E-state index is 12.9. The second kappa shape index (κ2) is 8.61. The summed E-state index contributed by atoms with van der Waals surface area (Å²) >= 11 is 0. The number of benzene rings is 2. The van der Waals surface area contributed by atoms with Crippen molar-refractivity contribution in [3.05, 3.63) is 76.8 Å². The van der Waals surface area contributed by atoms with Gasteiger partial charge in [0, 0.05) is 58.1 Å². The number of sulfonamides is 1. The van der Waals surface area contributed by atoms with Gasteiger partial charge in [-0.15, -0.1) is 0 Å². The summed E-state index contributed by atoms with van der Waals surface area (Å²) in [4.78, 5) is 19.9. The second-order valence-electron chi connectivity index (χ2n) is 7.74. The van der Waals surface area contributed by atoms with Crippen molar-refractivity contribution in [2.24, 2.45) is 0 Å². The van der Waals surface area contributed by atoms with E-state index < -0.39 is 47.1 Å². The number of methoxy groups -OCH3 is 1. The molecule has 0 aliphatic heterocycles. The molecule has 176 valence electrons. The van der Waals surface area contributed by atoms with Crippen LogP contribution in [0, 0.1) is 0 Å². The summed E-state index contributed by atoms with van der Waals surface area (Å²) in [5, 5.41) is 0.0521. The van der Waals surface area contributed by atoms with Crippen molar-refractivity contribution in [2.75, 3.05) is 18.1 Å². The number of aromatic amines is 1. The van der Waals surface area contributed by atoms with Gasteiger partial charge in [-0.2, -0.15) is 0 Å².